The van der Waals surface area contributed by atoms with Gasteiger partial charge in [-0.2, -0.15) is 5.26 Å². The van der Waals surface area contributed by atoms with Crippen molar-refractivity contribution < 1.29 is 14.7 Å². The summed E-state index contributed by atoms with van der Waals surface area (Å²) in [5.41, 5.74) is 1.18. The Bertz CT molecular complexity index is 604. The van der Waals surface area contributed by atoms with Crippen LogP contribution < -0.4 is 0 Å². The van der Waals surface area contributed by atoms with Gasteiger partial charge in [-0.25, -0.2) is 0 Å². The lowest BCUT2D eigenvalue weighted by molar-refractivity contribution is -0.153. The molecule has 110 valence electrons. The molecule has 5 nitrogen and oxygen atoms in total. The van der Waals surface area contributed by atoms with Gasteiger partial charge in [0, 0.05) is 12.5 Å². The number of rotatable bonds is 3. The molecule has 1 aromatic carbocycles. The number of carboxylic acid groups (broad SMARTS) is 1. The van der Waals surface area contributed by atoms with E-state index in [4.69, 9.17) is 5.26 Å². The molecule has 5 heteroatoms. The maximum Gasteiger partial charge on any atom is 0.308 e. The Kier molecular flexibility index (Phi) is 4.27. The number of nitriles is 1. The number of amides is 1. The van der Waals surface area contributed by atoms with Crippen molar-refractivity contribution in [2.75, 3.05) is 0 Å². The average molecular weight is 286 g/mol. The van der Waals surface area contributed by atoms with Gasteiger partial charge in [0.15, 0.2) is 0 Å². The van der Waals surface area contributed by atoms with Crippen molar-refractivity contribution in [2.24, 2.45) is 5.92 Å². The molecule has 1 aliphatic heterocycles. The molecule has 0 spiro atoms. The number of hydrogen-bond donors (Lipinski definition) is 1. The van der Waals surface area contributed by atoms with E-state index in [-0.39, 0.29) is 18.4 Å². The number of piperidine rings is 1. The van der Waals surface area contributed by atoms with Gasteiger partial charge < -0.3 is 10.0 Å². The first-order valence-corrected chi connectivity index (χ1v) is 6.99. The number of hydrogen-bond acceptors (Lipinski definition) is 3. The van der Waals surface area contributed by atoms with Crippen molar-refractivity contribution in [3.63, 3.8) is 0 Å². The van der Waals surface area contributed by atoms with Crippen molar-refractivity contribution in [1.29, 1.82) is 5.26 Å². The van der Waals surface area contributed by atoms with Crippen LogP contribution >= 0.6 is 0 Å². The van der Waals surface area contributed by atoms with E-state index in [2.05, 4.69) is 6.07 Å². The lowest BCUT2D eigenvalue weighted by Gasteiger charge is -2.42. The van der Waals surface area contributed by atoms with E-state index in [1.165, 1.54) is 0 Å². The number of carbonyl (C=O) groups is 2. The normalized spacial score (nSPS) is 22.2. The van der Waals surface area contributed by atoms with Crippen molar-refractivity contribution in [1.82, 2.24) is 4.90 Å². The highest BCUT2D eigenvalue weighted by Gasteiger charge is 2.41. The lowest BCUT2D eigenvalue weighted by Crippen LogP contribution is -2.48. The zero-order valence-electron chi connectivity index (χ0n) is 12.1. The van der Waals surface area contributed by atoms with Crippen LogP contribution in [0.2, 0.25) is 0 Å². The third-order valence-corrected chi connectivity index (χ3v) is 3.87. The molecule has 0 saturated carbocycles. The van der Waals surface area contributed by atoms with E-state index in [1.807, 2.05) is 13.8 Å². The third kappa shape index (κ3) is 2.89. The molecular formula is C16H18N2O3. The van der Waals surface area contributed by atoms with Crippen LogP contribution in [0, 0.1) is 17.2 Å². The van der Waals surface area contributed by atoms with Crippen molar-refractivity contribution in [2.45, 2.75) is 38.8 Å². The van der Waals surface area contributed by atoms with Gasteiger partial charge in [-0.1, -0.05) is 12.1 Å². The van der Waals surface area contributed by atoms with Crippen LogP contribution in [-0.4, -0.2) is 27.9 Å². The Morgan fingerprint density at radius 2 is 2.19 bits per heavy atom. The second-order valence-electron chi connectivity index (χ2n) is 5.56. The molecule has 1 aromatic rings. The molecule has 2 unspecified atom stereocenters. The number of likely N-dealkylation sites (tertiary alicyclic amines) is 1. The second kappa shape index (κ2) is 5.96. The molecule has 0 bridgehead atoms. The summed E-state index contributed by atoms with van der Waals surface area (Å²) >= 11 is 0. The third-order valence-electron chi connectivity index (χ3n) is 3.87. The van der Waals surface area contributed by atoms with Crippen LogP contribution in [0.5, 0.6) is 0 Å². The van der Waals surface area contributed by atoms with Crippen LogP contribution in [0.4, 0.5) is 0 Å². The highest BCUT2D eigenvalue weighted by molar-refractivity contribution is 5.82. The van der Waals surface area contributed by atoms with Crippen LogP contribution in [0.1, 0.15) is 43.9 Å². The fourth-order valence-electron chi connectivity index (χ4n) is 2.97. The summed E-state index contributed by atoms with van der Waals surface area (Å²) in [6.07, 6.45) is 0.586. The minimum absolute atomic E-state index is 0.0325. The maximum absolute atomic E-state index is 12.2. The highest BCUT2D eigenvalue weighted by Crippen LogP contribution is 2.38. The number of aliphatic carboxylic acids is 1. The number of nitrogens with zero attached hydrogens (tertiary/aromatic N) is 2. The monoisotopic (exact) mass is 286 g/mol. The van der Waals surface area contributed by atoms with E-state index in [0.717, 1.165) is 0 Å². The Balaban J connectivity index is 2.51. The average Bonchev–Trinajstić information content (AvgIpc) is 2.46. The number of benzene rings is 1. The van der Waals surface area contributed by atoms with Crippen molar-refractivity contribution in [3.05, 3.63) is 35.4 Å². The smallest absolute Gasteiger partial charge is 0.308 e. The summed E-state index contributed by atoms with van der Waals surface area (Å²) in [4.78, 5) is 25.4. The topological polar surface area (TPSA) is 81.4 Å². The maximum atomic E-state index is 12.2. The fraction of sp³-hybridized carbons (Fsp3) is 0.438. The Hall–Kier alpha value is -2.35. The first kappa shape index (κ1) is 15.0. The molecule has 1 aliphatic rings. The lowest BCUT2D eigenvalue weighted by atomic mass is 9.83. The second-order valence-corrected chi connectivity index (χ2v) is 5.56. The molecule has 0 aromatic heterocycles. The first-order chi connectivity index (χ1) is 9.95. The SMILES string of the molecule is CC(C)N1C(=O)CCC(C(=O)O)C1c1cccc(C#N)c1. The Morgan fingerprint density at radius 3 is 2.76 bits per heavy atom. The van der Waals surface area contributed by atoms with E-state index >= 15 is 0 Å². The molecular weight excluding hydrogens is 268 g/mol. The van der Waals surface area contributed by atoms with Gasteiger partial charge in [-0.05, 0) is 38.0 Å². The predicted molar refractivity (Wildman–Crippen MR) is 76.2 cm³/mol. The molecule has 1 heterocycles. The van der Waals surface area contributed by atoms with E-state index in [1.54, 1.807) is 29.2 Å². The minimum Gasteiger partial charge on any atom is -0.481 e. The fourth-order valence-corrected chi connectivity index (χ4v) is 2.97. The molecule has 1 fully saturated rings. The Labute approximate surface area is 123 Å². The van der Waals surface area contributed by atoms with Crippen LogP contribution in [0.25, 0.3) is 0 Å². The van der Waals surface area contributed by atoms with Crippen LogP contribution in [-0.2, 0) is 9.59 Å². The van der Waals surface area contributed by atoms with Crippen LogP contribution in [0.15, 0.2) is 24.3 Å². The quantitative estimate of drug-likeness (QED) is 0.924. The molecule has 2 atom stereocenters. The zero-order chi connectivity index (χ0) is 15.6. The molecule has 0 aliphatic carbocycles. The van der Waals surface area contributed by atoms with E-state index in [0.29, 0.717) is 17.5 Å². The van der Waals surface area contributed by atoms with Gasteiger partial charge in [-0.3, -0.25) is 9.59 Å². The first-order valence-electron chi connectivity index (χ1n) is 6.99. The standard InChI is InChI=1S/C16H18N2O3/c1-10(2)18-14(19)7-6-13(16(20)21)15(18)12-5-3-4-11(8-12)9-17/h3-5,8,10,13,15H,6-7H2,1-2H3,(H,20,21). The van der Waals surface area contributed by atoms with E-state index < -0.39 is 17.9 Å². The van der Waals surface area contributed by atoms with Gasteiger partial charge in [0.2, 0.25) is 5.91 Å². The summed E-state index contributed by atoms with van der Waals surface area (Å²) < 4.78 is 0. The molecule has 1 amide bonds. The highest BCUT2D eigenvalue weighted by atomic mass is 16.4. The van der Waals surface area contributed by atoms with Gasteiger partial charge in [0.05, 0.1) is 23.6 Å². The van der Waals surface area contributed by atoms with Gasteiger partial charge in [0.1, 0.15) is 0 Å². The van der Waals surface area contributed by atoms with Gasteiger partial charge >= 0.3 is 5.97 Å². The molecule has 1 saturated heterocycles. The summed E-state index contributed by atoms with van der Waals surface area (Å²) in [5, 5.41) is 18.5. The minimum atomic E-state index is -0.902. The number of carboxylic acids is 1. The molecule has 1 N–H and O–H groups in total. The molecule has 2 rings (SSSR count). The largest absolute Gasteiger partial charge is 0.481 e. The summed E-state index contributed by atoms with van der Waals surface area (Å²) in [6.45, 7) is 3.76. The summed E-state index contributed by atoms with van der Waals surface area (Å²) in [6, 6.07) is 8.31. The summed E-state index contributed by atoms with van der Waals surface area (Å²) in [5.74, 6) is -1.57. The number of carbonyl (C=O) groups excluding carboxylic acids is 1. The van der Waals surface area contributed by atoms with Gasteiger partial charge in [-0.15, -0.1) is 0 Å². The van der Waals surface area contributed by atoms with Crippen molar-refractivity contribution in [3.8, 4) is 6.07 Å². The molecule has 21 heavy (non-hydrogen) atoms. The molecule has 0 radical (unpaired) electrons. The van der Waals surface area contributed by atoms with Crippen molar-refractivity contribution >= 4 is 11.9 Å². The predicted octanol–water partition coefficient (Wildman–Crippen LogP) is 2.33. The summed E-state index contributed by atoms with van der Waals surface area (Å²) in [7, 11) is 0. The van der Waals surface area contributed by atoms with E-state index in [9.17, 15) is 14.7 Å². The Morgan fingerprint density at radius 1 is 1.48 bits per heavy atom. The van der Waals surface area contributed by atoms with Crippen LogP contribution in [0.3, 0.4) is 0 Å². The zero-order valence-corrected chi connectivity index (χ0v) is 12.1. The van der Waals surface area contributed by atoms with Gasteiger partial charge in [0.25, 0.3) is 0 Å².